The number of hydrogen-bond acceptors (Lipinski definition) is 4. The Morgan fingerprint density at radius 1 is 1.46 bits per heavy atom. The van der Waals surface area contributed by atoms with E-state index in [1.54, 1.807) is 23.9 Å². The number of aliphatic hydroxyl groups is 1. The summed E-state index contributed by atoms with van der Waals surface area (Å²) in [7, 11) is 0. The molecule has 2 aliphatic rings. The summed E-state index contributed by atoms with van der Waals surface area (Å²) in [6, 6.07) is 5.47. The molecule has 0 spiro atoms. The number of rotatable bonds is 5. The van der Waals surface area contributed by atoms with Crippen LogP contribution in [-0.2, 0) is 0 Å². The lowest BCUT2D eigenvalue weighted by Crippen LogP contribution is -2.52. The molecule has 0 aliphatic carbocycles. The summed E-state index contributed by atoms with van der Waals surface area (Å²) in [6.07, 6.45) is 2.82. The van der Waals surface area contributed by atoms with Crippen LogP contribution in [0.1, 0.15) is 31.7 Å². The standard InChI is InChI=1S/C20H31FN4OS.HI/c1-3-22-19(23-13-20(26)8-10-27-14-20)24-16-5-4-9-25(12-16)18-11-15(2)6-7-17(18)21;/h6-7,11,16,26H,3-5,8-10,12-14H2,1-2H3,(H2,22,23,24);1H. The minimum absolute atomic E-state index is 0. The molecular formula is C20H32FIN4OS. The number of aliphatic imine (C=N–C) groups is 1. The van der Waals surface area contributed by atoms with Crippen molar-refractivity contribution in [3.63, 3.8) is 0 Å². The van der Waals surface area contributed by atoms with Gasteiger partial charge >= 0.3 is 0 Å². The fraction of sp³-hybridized carbons (Fsp3) is 0.650. The smallest absolute Gasteiger partial charge is 0.191 e. The van der Waals surface area contributed by atoms with Gasteiger partial charge in [0.05, 0.1) is 17.8 Å². The molecule has 0 aromatic heterocycles. The van der Waals surface area contributed by atoms with Gasteiger partial charge in [0, 0.05) is 31.4 Å². The van der Waals surface area contributed by atoms with E-state index in [-0.39, 0.29) is 35.8 Å². The third-order valence-corrected chi connectivity index (χ3v) is 6.40. The van der Waals surface area contributed by atoms with Crippen molar-refractivity contribution in [3.8, 4) is 0 Å². The number of nitrogens with zero attached hydrogens (tertiary/aromatic N) is 2. The second-order valence-corrected chi connectivity index (χ2v) is 8.71. The molecule has 158 valence electrons. The van der Waals surface area contributed by atoms with E-state index < -0.39 is 5.60 Å². The van der Waals surface area contributed by atoms with Gasteiger partial charge in [-0.05, 0) is 56.6 Å². The topological polar surface area (TPSA) is 59.9 Å². The number of anilines is 1. The van der Waals surface area contributed by atoms with Gasteiger partial charge in [-0.25, -0.2) is 4.39 Å². The van der Waals surface area contributed by atoms with E-state index in [4.69, 9.17) is 0 Å². The van der Waals surface area contributed by atoms with Crippen molar-refractivity contribution in [1.29, 1.82) is 0 Å². The normalized spacial score (nSPS) is 25.4. The van der Waals surface area contributed by atoms with E-state index in [9.17, 15) is 9.50 Å². The third-order valence-electron chi connectivity index (χ3n) is 5.16. The zero-order valence-electron chi connectivity index (χ0n) is 16.7. The van der Waals surface area contributed by atoms with E-state index in [2.05, 4.69) is 20.5 Å². The van der Waals surface area contributed by atoms with Crippen LogP contribution in [0, 0.1) is 12.7 Å². The Labute approximate surface area is 189 Å². The number of halogens is 2. The van der Waals surface area contributed by atoms with Crippen molar-refractivity contribution in [2.24, 2.45) is 4.99 Å². The Balaban J connectivity index is 0.00000280. The van der Waals surface area contributed by atoms with E-state index in [0.717, 1.165) is 61.9 Å². The second-order valence-electron chi connectivity index (χ2n) is 7.61. The molecule has 3 N–H and O–H groups in total. The number of benzene rings is 1. The molecule has 2 aliphatic heterocycles. The predicted octanol–water partition coefficient (Wildman–Crippen LogP) is 3.14. The lowest BCUT2D eigenvalue weighted by molar-refractivity contribution is 0.0778. The van der Waals surface area contributed by atoms with Gasteiger partial charge in [0.1, 0.15) is 5.82 Å². The van der Waals surface area contributed by atoms with E-state index in [0.29, 0.717) is 12.2 Å². The van der Waals surface area contributed by atoms with Gasteiger partial charge in [0.2, 0.25) is 0 Å². The number of aryl methyl sites for hydroxylation is 1. The van der Waals surface area contributed by atoms with Crippen molar-refractivity contribution in [2.75, 3.05) is 42.6 Å². The highest BCUT2D eigenvalue weighted by molar-refractivity contribution is 14.0. The van der Waals surface area contributed by atoms with Crippen molar-refractivity contribution >= 4 is 47.4 Å². The van der Waals surface area contributed by atoms with Crippen LogP contribution in [0.3, 0.4) is 0 Å². The minimum Gasteiger partial charge on any atom is -0.387 e. The van der Waals surface area contributed by atoms with E-state index in [1.165, 1.54) is 0 Å². The molecule has 0 radical (unpaired) electrons. The summed E-state index contributed by atoms with van der Waals surface area (Å²) < 4.78 is 14.3. The first-order valence-electron chi connectivity index (χ1n) is 9.85. The fourth-order valence-electron chi connectivity index (χ4n) is 3.64. The molecule has 5 nitrogen and oxygen atoms in total. The first-order valence-corrected chi connectivity index (χ1v) is 11.0. The summed E-state index contributed by atoms with van der Waals surface area (Å²) in [5.41, 5.74) is 1.07. The van der Waals surface area contributed by atoms with Gasteiger partial charge in [0.15, 0.2) is 5.96 Å². The maximum Gasteiger partial charge on any atom is 0.191 e. The van der Waals surface area contributed by atoms with Crippen LogP contribution in [0.4, 0.5) is 10.1 Å². The largest absolute Gasteiger partial charge is 0.387 e. The van der Waals surface area contributed by atoms with Gasteiger partial charge < -0.3 is 20.6 Å². The average Bonchev–Trinajstić information content (AvgIpc) is 3.09. The maximum atomic E-state index is 14.3. The van der Waals surface area contributed by atoms with Crippen molar-refractivity contribution in [3.05, 3.63) is 29.6 Å². The van der Waals surface area contributed by atoms with Crippen LogP contribution < -0.4 is 15.5 Å². The maximum absolute atomic E-state index is 14.3. The zero-order chi connectivity index (χ0) is 19.3. The van der Waals surface area contributed by atoms with Gasteiger partial charge in [0.25, 0.3) is 0 Å². The quantitative estimate of drug-likeness (QED) is 0.315. The molecule has 0 saturated carbocycles. The zero-order valence-corrected chi connectivity index (χ0v) is 19.9. The SMILES string of the molecule is CCNC(=NCC1(O)CCSC1)NC1CCCN(c2cc(C)ccc2F)C1.I. The Morgan fingerprint density at radius 3 is 3.00 bits per heavy atom. The Hall–Kier alpha value is -0.740. The summed E-state index contributed by atoms with van der Waals surface area (Å²) in [5.74, 6) is 2.32. The van der Waals surface area contributed by atoms with Gasteiger partial charge in [-0.1, -0.05) is 6.07 Å². The summed E-state index contributed by atoms with van der Waals surface area (Å²) >= 11 is 1.78. The summed E-state index contributed by atoms with van der Waals surface area (Å²) in [6.45, 7) is 6.81. The third kappa shape index (κ3) is 6.38. The average molecular weight is 522 g/mol. The first kappa shape index (κ1) is 23.5. The van der Waals surface area contributed by atoms with Gasteiger partial charge in [-0.15, -0.1) is 24.0 Å². The van der Waals surface area contributed by atoms with E-state index in [1.807, 2.05) is 19.9 Å². The molecule has 28 heavy (non-hydrogen) atoms. The van der Waals surface area contributed by atoms with Crippen LogP contribution in [-0.4, -0.2) is 60.4 Å². The molecule has 2 atom stereocenters. The van der Waals surface area contributed by atoms with Crippen molar-refractivity contribution < 1.29 is 9.50 Å². The lowest BCUT2D eigenvalue weighted by Gasteiger charge is -2.35. The lowest BCUT2D eigenvalue weighted by atomic mass is 10.0. The van der Waals surface area contributed by atoms with Crippen LogP contribution in [0.15, 0.2) is 23.2 Å². The molecule has 2 unspecified atom stereocenters. The molecule has 2 fully saturated rings. The minimum atomic E-state index is -0.684. The Morgan fingerprint density at radius 2 is 2.29 bits per heavy atom. The highest BCUT2D eigenvalue weighted by Crippen LogP contribution is 2.28. The number of piperidine rings is 1. The molecule has 2 heterocycles. The molecule has 0 amide bonds. The molecule has 0 bridgehead atoms. The highest BCUT2D eigenvalue weighted by atomic mass is 127. The highest BCUT2D eigenvalue weighted by Gasteiger charge is 2.31. The summed E-state index contributed by atoms with van der Waals surface area (Å²) in [4.78, 5) is 6.75. The van der Waals surface area contributed by atoms with E-state index >= 15 is 0 Å². The van der Waals surface area contributed by atoms with Crippen molar-refractivity contribution in [2.45, 2.75) is 44.8 Å². The molecule has 3 rings (SSSR count). The number of guanidine groups is 1. The van der Waals surface area contributed by atoms with Gasteiger partial charge in [-0.2, -0.15) is 11.8 Å². The molecule has 8 heteroatoms. The fourth-order valence-corrected chi connectivity index (χ4v) is 4.92. The number of thioether (sulfide) groups is 1. The summed E-state index contributed by atoms with van der Waals surface area (Å²) in [5, 5.41) is 17.3. The molecule has 1 aromatic carbocycles. The molecule has 2 saturated heterocycles. The monoisotopic (exact) mass is 522 g/mol. The van der Waals surface area contributed by atoms with Crippen LogP contribution in [0.2, 0.25) is 0 Å². The Bertz CT molecular complexity index is 670. The van der Waals surface area contributed by atoms with Gasteiger partial charge in [-0.3, -0.25) is 4.99 Å². The Kier molecular flexibility index (Phi) is 9.14. The van der Waals surface area contributed by atoms with Crippen molar-refractivity contribution in [1.82, 2.24) is 10.6 Å². The van der Waals surface area contributed by atoms with Crippen LogP contribution in [0.25, 0.3) is 0 Å². The molecular weight excluding hydrogens is 490 g/mol. The number of hydrogen-bond donors (Lipinski definition) is 3. The van der Waals surface area contributed by atoms with Crippen LogP contribution >= 0.6 is 35.7 Å². The first-order chi connectivity index (χ1) is 13.0. The number of nitrogens with one attached hydrogen (secondary N) is 2. The second kappa shape index (κ2) is 10.9. The predicted molar refractivity (Wildman–Crippen MR) is 128 cm³/mol. The molecule has 1 aromatic rings. The van der Waals surface area contributed by atoms with Crippen LogP contribution in [0.5, 0.6) is 0 Å².